The number of hydrogen-bond donors (Lipinski definition) is 1. The summed E-state index contributed by atoms with van der Waals surface area (Å²) in [4.78, 5) is 12.3. The van der Waals surface area contributed by atoms with Crippen molar-refractivity contribution in [2.45, 2.75) is 18.9 Å². The Balaban J connectivity index is 2.22. The van der Waals surface area contributed by atoms with Crippen LogP contribution in [0.3, 0.4) is 0 Å². The maximum Gasteiger partial charge on any atom is 0.409 e. The Labute approximate surface area is 65.6 Å². The summed E-state index contributed by atoms with van der Waals surface area (Å²) in [7, 11) is 3.29. The summed E-state index contributed by atoms with van der Waals surface area (Å²) in [6, 6.07) is 0. The Hall–Kier alpha value is -1.06. The van der Waals surface area contributed by atoms with Gasteiger partial charge in [-0.3, -0.25) is 0 Å². The lowest BCUT2D eigenvalue weighted by Gasteiger charge is -2.27. The second-order valence-electron chi connectivity index (χ2n) is 2.91. The van der Waals surface area contributed by atoms with Crippen molar-refractivity contribution in [3.63, 3.8) is 0 Å². The fourth-order valence-corrected chi connectivity index (χ4v) is 0.821. The van der Waals surface area contributed by atoms with Crippen molar-refractivity contribution in [2.75, 3.05) is 14.1 Å². The first-order valence-electron chi connectivity index (χ1n) is 3.54. The highest BCUT2D eigenvalue weighted by molar-refractivity contribution is 5.88. The van der Waals surface area contributed by atoms with Crippen LogP contribution in [0.1, 0.15) is 12.8 Å². The first-order chi connectivity index (χ1) is 5.09. The van der Waals surface area contributed by atoms with Crippen LogP contribution in [0.25, 0.3) is 0 Å². The van der Waals surface area contributed by atoms with E-state index in [0.29, 0.717) is 18.6 Å². The molecule has 0 spiro atoms. The van der Waals surface area contributed by atoms with Gasteiger partial charge in [-0.05, 0) is 0 Å². The van der Waals surface area contributed by atoms with E-state index in [4.69, 9.17) is 10.1 Å². The van der Waals surface area contributed by atoms with Gasteiger partial charge in [0.2, 0.25) is 0 Å². The van der Waals surface area contributed by atoms with Gasteiger partial charge in [0.25, 0.3) is 0 Å². The van der Waals surface area contributed by atoms with Crippen LogP contribution in [-0.2, 0) is 4.74 Å². The molecule has 0 unspecified atom stereocenters. The quantitative estimate of drug-likeness (QED) is 0.612. The second kappa shape index (κ2) is 2.90. The van der Waals surface area contributed by atoms with Crippen molar-refractivity contribution in [3.05, 3.63) is 0 Å². The summed E-state index contributed by atoms with van der Waals surface area (Å²) in [5.41, 5.74) is 0.668. The summed E-state index contributed by atoms with van der Waals surface area (Å²) in [6.07, 6.45) is 0.860. The van der Waals surface area contributed by atoms with Gasteiger partial charge in [-0.25, -0.2) is 4.79 Å². The average molecular weight is 156 g/mol. The summed E-state index contributed by atoms with van der Waals surface area (Å²) in [5, 5.41) is 7.11. The van der Waals surface area contributed by atoms with Crippen molar-refractivity contribution in [2.24, 2.45) is 0 Å². The first-order valence-corrected chi connectivity index (χ1v) is 3.54. The number of nitrogens with zero attached hydrogens (tertiary/aromatic N) is 1. The topological polar surface area (TPSA) is 53.4 Å². The molecule has 4 heteroatoms. The van der Waals surface area contributed by atoms with E-state index >= 15 is 0 Å². The van der Waals surface area contributed by atoms with E-state index in [9.17, 15) is 4.79 Å². The molecule has 62 valence electrons. The summed E-state index contributed by atoms with van der Waals surface area (Å²) < 4.78 is 4.96. The third-order valence-corrected chi connectivity index (χ3v) is 1.58. The molecule has 1 rings (SSSR count). The van der Waals surface area contributed by atoms with E-state index in [1.807, 2.05) is 0 Å². The molecule has 0 radical (unpaired) electrons. The molecule has 1 aliphatic rings. The molecule has 11 heavy (non-hydrogen) atoms. The molecular weight excluding hydrogens is 144 g/mol. The average Bonchev–Trinajstić information content (AvgIpc) is 1.84. The molecule has 0 saturated heterocycles. The lowest BCUT2D eigenvalue weighted by atomic mass is 9.93. The number of nitrogens with one attached hydrogen (secondary N) is 1. The van der Waals surface area contributed by atoms with Gasteiger partial charge in [0, 0.05) is 32.6 Å². The van der Waals surface area contributed by atoms with Gasteiger partial charge >= 0.3 is 6.09 Å². The molecule has 1 saturated carbocycles. The maximum atomic E-state index is 10.9. The monoisotopic (exact) mass is 156 g/mol. The van der Waals surface area contributed by atoms with Crippen molar-refractivity contribution >= 4 is 11.8 Å². The first kappa shape index (κ1) is 8.04. The molecule has 0 heterocycles. The molecule has 0 aromatic heterocycles. The van der Waals surface area contributed by atoms with Gasteiger partial charge in [-0.15, -0.1) is 0 Å². The van der Waals surface area contributed by atoms with E-state index in [2.05, 4.69) is 0 Å². The van der Waals surface area contributed by atoms with Crippen LogP contribution < -0.4 is 0 Å². The predicted octanol–water partition coefficient (Wildman–Crippen LogP) is 0.867. The highest BCUT2D eigenvalue weighted by atomic mass is 16.6. The normalized spacial score (nSPS) is 22.4. The minimum absolute atomic E-state index is 0.0441. The highest BCUT2D eigenvalue weighted by Crippen LogP contribution is 2.18. The summed E-state index contributed by atoms with van der Waals surface area (Å²) in [5.74, 6) is 0. The molecule has 0 bridgehead atoms. The molecule has 0 atom stereocenters. The van der Waals surface area contributed by atoms with E-state index < -0.39 is 0 Å². The van der Waals surface area contributed by atoms with Crippen LogP contribution in [0.5, 0.6) is 0 Å². The molecule has 4 nitrogen and oxygen atoms in total. The number of amides is 1. The second-order valence-corrected chi connectivity index (χ2v) is 2.91. The molecule has 1 fully saturated rings. The fourth-order valence-electron chi connectivity index (χ4n) is 0.821. The molecule has 1 N–H and O–H groups in total. The number of ether oxygens (including phenoxy) is 1. The molecule has 0 aromatic carbocycles. The zero-order valence-electron chi connectivity index (χ0n) is 6.76. The standard InChI is InChI=1S/C7H12N2O2/c1-9(2)7(10)11-6-3-5(8)4-6/h6,8H,3-4H2,1-2H3. The molecule has 0 aromatic rings. The zero-order valence-corrected chi connectivity index (χ0v) is 6.76. The van der Waals surface area contributed by atoms with Crippen LogP contribution in [0.2, 0.25) is 0 Å². The van der Waals surface area contributed by atoms with Gasteiger partial charge in [-0.2, -0.15) is 0 Å². The molecule has 1 aliphatic carbocycles. The van der Waals surface area contributed by atoms with E-state index in [-0.39, 0.29) is 12.2 Å². The highest BCUT2D eigenvalue weighted by Gasteiger charge is 2.27. The Bertz CT molecular complexity index is 181. The minimum atomic E-state index is -0.317. The third-order valence-electron chi connectivity index (χ3n) is 1.58. The van der Waals surface area contributed by atoms with E-state index in [1.54, 1.807) is 14.1 Å². The summed E-state index contributed by atoms with van der Waals surface area (Å²) in [6.45, 7) is 0. The van der Waals surface area contributed by atoms with Crippen molar-refractivity contribution in [1.82, 2.24) is 4.90 Å². The van der Waals surface area contributed by atoms with Gasteiger partial charge < -0.3 is 15.0 Å². The molecular formula is C7H12N2O2. The third kappa shape index (κ3) is 1.93. The van der Waals surface area contributed by atoms with Crippen molar-refractivity contribution in [3.8, 4) is 0 Å². The van der Waals surface area contributed by atoms with Crippen LogP contribution in [0, 0.1) is 5.41 Å². The number of carbonyl (C=O) groups is 1. The number of rotatable bonds is 1. The Morgan fingerprint density at radius 2 is 2.18 bits per heavy atom. The Morgan fingerprint density at radius 1 is 1.64 bits per heavy atom. The minimum Gasteiger partial charge on any atom is -0.445 e. The fraction of sp³-hybridized carbons (Fsp3) is 0.714. The largest absolute Gasteiger partial charge is 0.445 e. The maximum absolute atomic E-state index is 10.9. The Kier molecular flexibility index (Phi) is 2.12. The number of carbonyl (C=O) groups excluding carboxylic acids is 1. The molecule has 0 aliphatic heterocycles. The van der Waals surface area contributed by atoms with Gasteiger partial charge in [0.15, 0.2) is 0 Å². The van der Waals surface area contributed by atoms with Gasteiger partial charge in [-0.1, -0.05) is 0 Å². The number of hydrogen-bond acceptors (Lipinski definition) is 3. The van der Waals surface area contributed by atoms with Crippen molar-refractivity contribution in [1.29, 1.82) is 5.41 Å². The van der Waals surface area contributed by atoms with E-state index in [0.717, 1.165) is 0 Å². The smallest absolute Gasteiger partial charge is 0.409 e. The Morgan fingerprint density at radius 3 is 2.55 bits per heavy atom. The SMILES string of the molecule is CN(C)C(=O)OC1CC(=N)C1. The molecule has 1 amide bonds. The predicted molar refractivity (Wildman–Crippen MR) is 40.9 cm³/mol. The lowest BCUT2D eigenvalue weighted by Crippen LogP contribution is -2.36. The van der Waals surface area contributed by atoms with Gasteiger partial charge in [0.1, 0.15) is 6.10 Å². The van der Waals surface area contributed by atoms with Crippen LogP contribution in [0.4, 0.5) is 4.79 Å². The zero-order chi connectivity index (χ0) is 8.43. The van der Waals surface area contributed by atoms with E-state index in [1.165, 1.54) is 4.90 Å². The van der Waals surface area contributed by atoms with Crippen molar-refractivity contribution < 1.29 is 9.53 Å². The van der Waals surface area contributed by atoms with Gasteiger partial charge in [0.05, 0.1) is 0 Å². The van der Waals surface area contributed by atoms with Crippen LogP contribution >= 0.6 is 0 Å². The summed E-state index contributed by atoms with van der Waals surface area (Å²) >= 11 is 0. The van der Waals surface area contributed by atoms with Crippen LogP contribution in [-0.4, -0.2) is 36.9 Å². The lowest BCUT2D eigenvalue weighted by molar-refractivity contribution is 0.0697. The van der Waals surface area contributed by atoms with Crippen LogP contribution in [0.15, 0.2) is 0 Å².